The Morgan fingerprint density at radius 2 is 2.10 bits per heavy atom. The van der Waals surface area contributed by atoms with Crippen LogP contribution in [0.25, 0.3) is 0 Å². The van der Waals surface area contributed by atoms with Gasteiger partial charge in [0, 0.05) is 24.2 Å². The Hall–Kier alpha value is -1.89. The van der Waals surface area contributed by atoms with Crippen LogP contribution in [0, 0.1) is 10.1 Å². The van der Waals surface area contributed by atoms with E-state index in [-0.39, 0.29) is 17.0 Å². The molecule has 1 aliphatic rings. The first-order valence-electron chi connectivity index (χ1n) is 7.09. The minimum absolute atomic E-state index is 0.0253. The zero-order chi connectivity index (χ0) is 15.5. The van der Waals surface area contributed by atoms with Crippen molar-refractivity contribution in [2.75, 3.05) is 33.1 Å². The lowest BCUT2D eigenvalue weighted by Crippen LogP contribution is -2.47. The van der Waals surface area contributed by atoms with E-state index in [0.717, 1.165) is 12.8 Å². The van der Waals surface area contributed by atoms with Crippen LogP contribution >= 0.6 is 0 Å². The van der Waals surface area contributed by atoms with E-state index in [1.165, 1.54) is 32.1 Å². The van der Waals surface area contributed by atoms with E-state index in [0.29, 0.717) is 12.4 Å². The average molecular weight is 294 g/mol. The first-order chi connectivity index (χ1) is 9.98. The number of nitrogens with one attached hydrogen (secondary N) is 1. The third-order valence-corrected chi connectivity index (χ3v) is 4.32. The van der Waals surface area contributed by atoms with Gasteiger partial charge in [0.25, 0.3) is 0 Å². The van der Waals surface area contributed by atoms with Gasteiger partial charge in [-0.05, 0) is 26.9 Å². The highest BCUT2D eigenvalue weighted by molar-refractivity contribution is 5.57. The molecule has 0 aliphatic heterocycles. The summed E-state index contributed by atoms with van der Waals surface area (Å²) in [5.41, 5.74) is 0.0150. The summed E-state index contributed by atoms with van der Waals surface area (Å²) in [7, 11) is 5.61. The summed E-state index contributed by atoms with van der Waals surface area (Å²) in [4.78, 5) is 17.1. The number of nitro groups is 1. The predicted molar refractivity (Wildman–Crippen MR) is 80.8 cm³/mol. The van der Waals surface area contributed by atoms with Crippen LogP contribution in [0.15, 0.2) is 12.1 Å². The Balaban J connectivity index is 2.20. The number of likely N-dealkylation sites (N-methyl/N-ethyl adjacent to an activating group) is 1. The van der Waals surface area contributed by atoms with Gasteiger partial charge in [0.05, 0.1) is 12.0 Å². The highest BCUT2D eigenvalue weighted by atomic mass is 16.6. The molecular formula is C14H22N4O3. The molecule has 0 unspecified atom stereocenters. The van der Waals surface area contributed by atoms with Crippen molar-refractivity contribution in [3.8, 4) is 5.88 Å². The second-order valence-electron chi connectivity index (χ2n) is 5.66. The van der Waals surface area contributed by atoms with Crippen LogP contribution in [0.3, 0.4) is 0 Å². The molecule has 1 N–H and O–H groups in total. The standard InChI is InChI=1S/C14H22N4O3/c1-17(2)14(8-4-5-9-14)10-15-13-11(18(19)20)6-7-12(16-13)21-3/h6-7H,4-5,8-10H2,1-3H3,(H,15,16). The Bertz CT molecular complexity index is 513. The fraction of sp³-hybridized carbons (Fsp3) is 0.643. The van der Waals surface area contributed by atoms with Gasteiger partial charge in [-0.2, -0.15) is 4.98 Å². The Morgan fingerprint density at radius 3 is 2.62 bits per heavy atom. The van der Waals surface area contributed by atoms with Crippen molar-refractivity contribution in [1.29, 1.82) is 0 Å². The van der Waals surface area contributed by atoms with Crippen molar-refractivity contribution in [2.45, 2.75) is 31.2 Å². The molecular weight excluding hydrogens is 272 g/mol. The van der Waals surface area contributed by atoms with E-state index in [4.69, 9.17) is 4.74 Å². The maximum atomic E-state index is 11.1. The maximum Gasteiger partial charge on any atom is 0.311 e. The summed E-state index contributed by atoms with van der Waals surface area (Å²) in [6.45, 7) is 0.640. The number of aromatic nitrogens is 1. The van der Waals surface area contributed by atoms with Crippen molar-refractivity contribution in [3.05, 3.63) is 22.2 Å². The number of anilines is 1. The highest BCUT2D eigenvalue weighted by Gasteiger charge is 2.36. The summed E-state index contributed by atoms with van der Waals surface area (Å²) in [5.74, 6) is 0.640. The molecule has 0 bridgehead atoms. The molecule has 1 saturated carbocycles. The van der Waals surface area contributed by atoms with Gasteiger partial charge in [-0.25, -0.2) is 0 Å². The van der Waals surface area contributed by atoms with Crippen molar-refractivity contribution in [3.63, 3.8) is 0 Å². The van der Waals surface area contributed by atoms with E-state index >= 15 is 0 Å². The van der Waals surface area contributed by atoms with Crippen molar-refractivity contribution < 1.29 is 9.66 Å². The molecule has 0 aromatic carbocycles. The summed E-state index contributed by atoms with van der Waals surface area (Å²) in [6, 6.07) is 2.92. The topological polar surface area (TPSA) is 80.5 Å². The number of methoxy groups -OCH3 is 1. The monoisotopic (exact) mass is 294 g/mol. The lowest BCUT2D eigenvalue weighted by molar-refractivity contribution is -0.384. The quantitative estimate of drug-likeness (QED) is 0.640. The van der Waals surface area contributed by atoms with E-state index in [9.17, 15) is 10.1 Å². The van der Waals surface area contributed by atoms with E-state index in [1.807, 2.05) is 0 Å². The molecule has 7 heteroatoms. The summed E-state index contributed by atoms with van der Waals surface area (Å²) in [6.07, 6.45) is 4.55. The fourth-order valence-electron chi connectivity index (χ4n) is 2.89. The third kappa shape index (κ3) is 3.24. The molecule has 0 radical (unpaired) electrons. The molecule has 2 rings (SSSR count). The average Bonchev–Trinajstić information content (AvgIpc) is 2.94. The molecule has 1 aliphatic carbocycles. The minimum atomic E-state index is -0.425. The van der Waals surface area contributed by atoms with Crippen molar-refractivity contribution >= 4 is 11.5 Å². The van der Waals surface area contributed by atoms with Crippen LogP contribution in [0.5, 0.6) is 5.88 Å². The van der Waals surface area contributed by atoms with E-state index in [2.05, 4.69) is 29.3 Å². The predicted octanol–water partition coefficient (Wildman–Crippen LogP) is 2.28. The Kier molecular flexibility index (Phi) is 4.62. The van der Waals surface area contributed by atoms with Crippen LogP contribution < -0.4 is 10.1 Å². The van der Waals surface area contributed by atoms with E-state index in [1.54, 1.807) is 0 Å². The van der Waals surface area contributed by atoms with Crippen LogP contribution in [-0.2, 0) is 0 Å². The van der Waals surface area contributed by atoms with Crippen LogP contribution in [-0.4, -0.2) is 48.1 Å². The van der Waals surface area contributed by atoms with Gasteiger partial charge in [-0.3, -0.25) is 10.1 Å². The number of ether oxygens (including phenoxy) is 1. The lowest BCUT2D eigenvalue weighted by atomic mass is 9.96. The fourth-order valence-corrected chi connectivity index (χ4v) is 2.89. The summed E-state index contributed by atoms with van der Waals surface area (Å²) < 4.78 is 5.05. The smallest absolute Gasteiger partial charge is 0.311 e. The number of hydrogen-bond donors (Lipinski definition) is 1. The van der Waals surface area contributed by atoms with Crippen molar-refractivity contribution in [2.24, 2.45) is 0 Å². The SMILES string of the molecule is COc1ccc([N+](=O)[O-])c(NCC2(N(C)C)CCCC2)n1. The zero-order valence-electron chi connectivity index (χ0n) is 12.8. The molecule has 0 atom stereocenters. The molecule has 0 amide bonds. The van der Waals surface area contributed by atoms with Crippen LogP contribution in [0.4, 0.5) is 11.5 Å². The molecule has 7 nitrogen and oxygen atoms in total. The number of pyridine rings is 1. The molecule has 1 heterocycles. The maximum absolute atomic E-state index is 11.1. The second kappa shape index (κ2) is 6.26. The van der Waals surface area contributed by atoms with Crippen LogP contribution in [0.1, 0.15) is 25.7 Å². The number of hydrogen-bond acceptors (Lipinski definition) is 6. The number of rotatable bonds is 6. The lowest BCUT2D eigenvalue weighted by Gasteiger charge is -2.36. The van der Waals surface area contributed by atoms with E-state index < -0.39 is 4.92 Å². The second-order valence-corrected chi connectivity index (χ2v) is 5.66. The first kappa shape index (κ1) is 15.5. The normalized spacial score (nSPS) is 17.0. The Morgan fingerprint density at radius 1 is 1.43 bits per heavy atom. The molecule has 1 fully saturated rings. The van der Waals surface area contributed by atoms with Gasteiger partial charge in [0.1, 0.15) is 0 Å². The van der Waals surface area contributed by atoms with Gasteiger partial charge in [-0.1, -0.05) is 12.8 Å². The minimum Gasteiger partial charge on any atom is -0.481 e. The van der Waals surface area contributed by atoms with Crippen molar-refractivity contribution in [1.82, 2.24) is 9.88 Å². The molecule has 0 saturated heterocycles. The molecule has 1 aromatic rings. The van der Waals surface area contributed by atoms with Gasteiger partial charge in [-0.15, -0.1) is 0 Å². The van der Waals surface area contributed by atoms with Gasteiger partial charge < -0.3 is 15.0 Å². The van der Waals surface area contributed by atoms with Crippen LogP contribution in [0.2, 0.25) is 0 Å². The molecule has 1 aromatic heterocycles. The largest absolute Gasteiger partial charge is 0.481 e. The summed E-state index contributed by atoms with van der Waals surface area (Å²) in [5, 5.41) is 14.3. The first-order valence-corrected chi connectivity index (χ1v) is 7.09. The summed E-state index contributed by atoms with van der Waals surface area (Å²) >= 11 is 0. The molecule has 21 heavy (non-hydrogen) atoms. The molecule has 0 spiro atoms. The molecule has 116 valence electrons. The van der Waals surface area contributed by atoms with Gasteiger partial charge >= 0.3 is 5.69 Å². The zero-order valence-corrected chi connectivity index (χ0v) is 12.8. The third-order valence-electron chi connectivity index (χ3n) is 4.32. The van der Waals surface area contributed by atoms with Gasteiger partial charge in [0.15, 0.2) is 0 Å². The highest BCUT2D eigenvalue weighted by Crippen LogP contribution is 2.35. The number of nitrogens with zero attached hydrogens (tertiary/aromatic N) is 3. The van der Waals surface area contributed by atoms with Gasteiger partial charge in [0.2, 0.25) is 11.7 Å². The Labute approximate surface area is 124 Å².